The molecule has 180 valence electrons. The van der Waals surface area contributed by atoms with E-state index in [0.29, 0.717) is 16.4 Å². The molecule has 0 aromatic heterocycles. The smallest absolute Gasteiger partial charge is 0.293 e. The molecule has 1 fully saturated rings. The van der Waals surface area contributed by atoms with E-state index in [4.69, 9.17) is 9.47 Å². The van der Waals surface area contributed by atoms with E-state index < -0.39 is 0 Å². The van der Waals surface area contributed by atoms with Gasteiger partial charge in [0.2, 0.25) is 5.91 Å². The molecule has 1 aliphatic heterocycles. The molecule has 0 radical (unpaired) electrons. The maximum absolute atomic E-state index is 12.6. The lowest BCUT2D eigenvalue weighted by molar-refractivity contribution is -0.124. The molecule has 0 aliphatic carbocycles. The summed E-state index contributed by atoms with van der Waals surface area (Å²) < 4.78 is 10.8. The molecule has 2 aromatic carbocycles. The molecule has 0 spiro atoms. The maximum Gasteiger partial charge on any atom is 0.293 e. The number of ether oxygens (including phenoxy) is 2. The lowest BCUT2D eigenvalue weighted by Gasteiger charge is -2.19. The van der Waals surface area contributed by atoms with Gasteiger partial charge in [-0.3, -0.25) is 19.3 Å². The van der Waals surface area contributed by atoms with Crippen LogP contribution in [0.25, 0.3) is 6.08 Å². The quantitative estimate of drug-likeness (QED) is 0.525. The monoisotopic (exact) mass is 482 g/mol. The molecule has 2 aromatic rings. The Balaban J connectivity index is 1.41. The molecule has 3 rings (SSSR count). The fraction of sp³-hybridized carbons (Fsp3) is 0.346. The summed E-state index contributed by atoms with van der Waals surface area (Å²) in [4.78, 5) is 38.5. The first-order chi connectivity index (χ1) is 16.2. The summed E-state index contributed by atoms with van der Waals surface area (Å²) in [6.45, 7) is 6.99. The number of hydrogen-bond acceptors (Lipinski definition) is 6. The highest BCUT2D eigenvalue weighted by Gasteiger charge is 2.34. The summed E-state index contributed by atoms with van der Waals surface area (Å²) in [5.41, 5.74) is 2.08. The van der Waals surface area contributed by atoms with Crippen molar-refractivity contribution in [3.05, 3.63) is 64.6 Å². The van der Waals surface area contributed by atoms with Crippen LogP contribution >= 0.6 is 11.8 Å². The van der Waals surface area contributed by atoms with E-state index in [9.17, 15) is 14.4 Å². The summed E-state index contributed by atoms with van der Waals surface area (Å²) in [5, 5.41) is 2.39. The molecule has 8 heteroatoms. The van der Waals surface area contributed by atoms with Gasteiger partial charge in [0.15, 0.2) is 0 Å². The van der Waals surface area contributed by atoms with Crippen LogP contribution in [0.2, 0.25) is 0 Å². The van der Waals surface area contributed by atoms with Gasteiger partial charge in [0, 0.05) is 13.1 Å². The molecule has 0 bridgehead atoms. The van der Waals surface area contributed by atoms with Gasteiger partial charge in [-0.2, -0.15) is 0 Å². The predicted octanol–water partition coefficient (Wildman–Crippen LogP) is 4.61. The van der Waals surface area contributed by atoms with Crippen LogP contribution in [0, 0.1) is 0 Å². The summed E-state index contributed by atoms with van der Waals surface area (Å²) in [5.74, 6) is 0.862. The molecular weight excluding hydrogens is 452 g/mol. The van der Waals surface area contributed by atoms with Gasteiger partial charge in [0.05, 0.1) is 25.0 Å². The normalized spacial score (nSPS) is 15.1. The van der Waals surface area contributed by atoms with Crippen LogP contribution in [-0.2, 0) is 15.0 Å². The Morgan fingerprint density at radius 2 is 1.68 bits per heavy atom. The number of hydrogen-bond donors (Lipinski definition) is 1. The third kappa shape index (κ3) is 6.87. The van der Waals surface area contributed by atoms with Crippen molar-refractivity contribution in [3.8, 4) is 11.5 Å². The number of thioether (sulfide) groups is 1. The second-order valence-electron chi connectivity index (χ2n) is 8.83. The number of carbonyl (C=O) groups excluding carboxylic acids is 3. The number of benzene rings is 2. The summed E-state index contributed by atoms with van der Waals surface area (Å²) >= 11 is 0.894. The molecule has 1 N–H and O–H groups in total. The van der Waals surface area contributed by atoms with Crippen LogP contribution in [0.4, 0.5) is 4.79 Å². The second-order valence-corrected chi connectivity index (χ2v) is 9.82. The molecule has 3 amide bonds. The molecule has 0 atom stereocenters. The number of nitrogens with zero attached hydrogens (tertiary/aromatic N) is 1. The van der Waals surface area contributed by atoms with E-state index in [0.717, 1.165) is 22.2 Å². The van der Waals surface area contributed by atoms with Gasteiger partial charge in [-0.15, -0.1) is 0 Å². The van der Waals surface area contributed by atoms with Crippen LogP contribution in [0.1, 0.15) is 38.3 Å². The van der Waals surface area contributed by atoms with Crippen molar-refractivity contribution in [1.29, 1.82) is 0 Å². The van der Waals surface area contributed by atoms with Gasteiger partial charge in [0.1, 0.15) is 11.5 Å². The third-order valence-electron chi connectivity index (χ3n) is 5.26. The Bertz CT molecular complexity index is 1060. The number of imide groups is 1. The fourth-order valence-corrected chi connectivity index (χ4v) is 4.12. The standard InChI is InChI=1S/C26H30N2O5S/c1-26(2,3)19-7-11-21(12-8-19)33-16-13-23(29)27-14-15-28-24(30)22(34-25(28)31)17-18-5-9-20(32-4)10-6-18/h5-12,17H,13-16H2,1-4H3,(H,27,29). The molecular formula is C26H30N2O5S. The van der Waals surface area contributed by atoms with Gasteiger partial charge in [-0.05, 0) is 58.6 Å². The Morgan fingerprint density at radius 3 is 2.29 bits per heavy atom. The van der Waals surface area contributed by atoms with Gasteiger partial charge < -0.3 is 14.8 Å². The average molecular weight is 483 g/mol. The van der Waals surface area contributed by atoms with Crippen molar-refractivity contribution in [2.75, 3.05) is 26.8 Å². The first-order valence-electron chi connectivity index (χ1n) is 11.1. The maximum atomic E-state index is 12.6. The molecule has 1 saturated heterocycles. The van der Waals surface area contributed by atoms with Gasteiger partial charge in [-0.1, -0.05) is 45.0 Å². The Kier molecular flexibility index (Phi) is 8.39. The van der Waals surface area contributed by atoms with E-state index in [1.807, 2.05) is 36.4 Å². The molecule has 7 nitrogen and oxygen atoms in total. The van der Waals surface area contributed by atoms with Crippen LogP contribution in [0.5, 0.6) is 11.5 Å². The van der Waals surface area contributed by atoms with Gasteiger partial charge in [-0.25, -0.2) is 0 Å². The Morgan fingerprint density at radius 1 is 1.03 bits per heavy atom. The Hall–Kier alpha value is -3.26. The lowest BCUT2D eigenvalue weighted by atomic mass is 9.87. The molecule has 34 heavy (non-hydrogen) atoms. The highest BCUT2D eigenvalue weighted by molar-refractivity contribution is 8.18. The topological polar surface area (TPSA) is 84.9 Å². The zero-order valence-corrected chi connectivity index (χ0v) is 20.7. The van der Waals surface area contributed by atoms with E-state index in [1.54, 1.807) is 25.3 Å². The number of rotatable bonds is 9. The zero-order valence-electron chi connectivity index (χ0n) is 19.9. The third-order valence-corrected chi connectivity index (χ3v) is 6.17. The summed E-state index contributed by atoms with van der Waals surface area (Å²) in [6.07, 6.45) is 1.86. The van der Waals surface area contributed by atoms with Crippen molar-refractivity contribution >= 4 is 34.9 Å². The molecule has 1 aliphatic rings. The van der Waals surface area contributed by atoms with E-state index in [2.05, 4.69) is 26.1 Å². The molecule has 0 saturated carbocycles. The summed E-state index contributed by atoms with van der Waals surface area (Å²) in [7, 11) is 1.58. The molecule has 1 heterocycles. The zero-order chi connectivity index (χ0) is 24.7. The summed E-state index contributed by atoms with van der Waals surface area (Å²) in [6, 6.07) is 15.0. The minimum Gasteiger partial charge on any atom is -0.497 e. The van der Waals surface area contributed by atoms with Crippen LogP contribution in [0.3, 0.4) is 0 Å². The highest BCUT2D eigenvalue weighted by Crippen LogP contribution is 2.32. The predicted molar refractivity (Wildman–Crippen MR) is 134 cm³/mol. The second kappa shape index (κ2) is 11.2. The highest BCUT2D eigenvalue weighted by atomic mass is 32.2. The Labute approximate surface area is 204 Å². The number of methoxy groups -OCH3 is 1. The van der Waals surface area contributed by atoms with Crippen molar-refractivity contribution in [1.82, 2.24) is 10.2 Å². The van der Waals surface area contributed by atoms with Crippen LogP contribution in [-0.4, -0.2) is 48.8 Å². The van der Waals surface area contributed by atoms with Gasteiger partial charge >= 0.3 is 0 Å². The van der Waals surface area contributed by atoms with Crippen molar-refractivity contribution < 1.29 is 23.9 Å². The fourth-order valence-electron chi connectivity index (χ4n) is 3.25. The number of nitrogens with one attached hydrogen (secondary N) is 1. The number of amides is 3. The van der Waals surface area contributed by atoms with E-state index in [1.165, 1.54) is 5.56 Å². The van der Waals surface area contributed by atoms with Crippen LogP contribution < -0.4 is 14.8 Å². The van der Waals surface area contributed by atoms with E-state index >= 15 is 0 Å². The number of carbonyl (C=O) groups is 3. The SMILES string of the molecule is COc1ccc(C=C2SC(=O)N(CCNC(=O)CCOc3ccc(C(C)(C)C)cc3)C2=O)cc1. The van der Waals surface area contributed by atoms with Crippen molar-refractivity contribution in [2.45, 2.75) is 32.6 Å². The largest absolute Gasteiger partial charge is 0.497 e. The first-order valence-corrected chi connectivity index (χ1v) is 11.9. The van der Waals surface area contributed by atoms with Crippen LogP contribution in [0.15, 0.2) is 53.4 Å². The minimum atomic E-state index is -0.359. The van der Waals surface area contributed by atoms with Gasteiger partial charge in [0.25, 0.3) is 11.1 Å². The first kappa shape index (κ1) is 25.4. The lowest BCUT2D eigenvalue weighted by Crippen LogP contribution is -2.37. The van der Waals surface area contributed by atoms with Crippen molar-refractivity contribution in [3.63, 3.8) is 0 Å². The van der Waals surface area contributed by atoms with Crippen molar-refractivity contribution in [2.24, 2.45) is 0 Å². The average Bonchev–Trinajstić information content (AvgIpc) is 3.06. The molecule has 0 unspecified atom stereocenters. The minimum absolute atomic E-state index is 0.0707. The van der Waals surface area contributed by atoms with E-state index in [-0.39, 0.29) is 48.6 Å².